The standard InChI is InChI=1S/C10H13BrN2OS/c11-8-2-4-15-9(8)6-13-3-1-7(5-13)10(12)14/h2,4,7H,1,3,5-6H2,(H2,12,14). The van der Waals surface area contributed by atoms with Crippen LogP contribution in [0.25, 0.3) is 0 Å². The molecule has 2 N–H and O–H groups in total. The van der Waals surface area contributed by atoms with E-state index in [1.807, 2.05) is 0 Å². The van der Waals surface area contributed by atoms with Crippen molar-refractivity contribution in [2.75, 3.05) is 13.1 Å². The summed E-state index contributed by atoms with van der Waals surface area (Å²) in [5.74, 6) is -0.119. The summed E-state index contributed by atoms with van der Waals surface area (Å²) in [7, 11) is 0. The first kappa shape index (κ1) is 11.1. The molecule has 1 amide bonds. The first-order valence-corrected chi connectivity index (χ1v) is 6.57. The van der Waals surface area contributed by atoms with Gasteiger partial charge in [0.05, 0.1) is 5.92 Å². The van der Waals surface area contributed by atoms with Crippen LogP contribution in [0.4, 0.5) is 0 Å². The van der Waals surface area contributed by atoms with Crippen molar-refractivity contribution >= 4 is 33.2 Å². The molecule has 1 saturated heterocycles. The molecule has 15 heavy (non-hydrogen) atoms. The van der Waals surface area contributed by atoms with Gasteiger partial charge in [0.15, 0.2) is 0 Å². The van der Waals surface area contributed by atoms with Crippen molar-refractivity contribution in [3.05, 3.63) is 20.8 Å². The molecule has 3 nitrogen and oxygen atoms in total. The maximum absolute atomic E-state index is 11.0. The molecule has 1 atom stereocenters. The Kier molecular flexibility index (Phi) is 3.43. The number of rotatable bonds is 3. The van der Waals surface area contributed by atoms with Crippen molar-refractivity contribution in [1.82, 2.24) is 4.90 Å². The third-order valence-electron chi connectivity index (χ3n) is 2.73. The van der Waals surface area contributed by atoms with Gasteiger partial charge in [0.1, 0.15) is 0 Å². The van der Waals surface area contributed by atoms with Gasteiger partial charge in [-0.2, -0.15) is 0 Å². The van der Waals surface area contributed by atoms with Gasteiger partial charge in [-0.25, -0.2) is 0 Å². The van der Waals surface area contributed by atoms with E-state index in [1.165, 1.54) is 4.88 Å². The quantitative estimate of drug-likeness (QED) is 0.922. The zero-order valence-electron chi connectivity index (χ0n) is 8.28. The molecular weight excluding hydrogens is 276 g/mol. The summed E-state index contributed by atoms with van der Waals surface area (Å²) < 4.78 is 1.16. The normalized spacial score (nSPS) is 22.1. The summed E-state index contributed by atoms with van der Waals surface area (Å²) in [5.41, 5.74) is 5.29. The Hall–Kier alpha value is -0.390. The fraction of sp³-hybridized carbons (Fsp3) is 0.500. The number of hydrogen-bond donors (Lipinski definition) is 1. The van der Waals surface area contributed by atoms with Gasteiger partial charge >= 0.3 is 0 Å². The lowest BCUT2D eigenvalue weighted by atomic mass is 10.1. The van der Waals surface area contributed by atoms with Gasteiger partial charge < -0.3 is 5.73 Å². The van der Waals surface area contributed by atoms with Gasteiger partial charge in [0, 0.05) is 22.4 Å². The van der Waals surface area contributed by atoms with E-state index in [-0.39, 0.29) is 11.8 Å². The highest BCUT2D eigenvalue weighted by atomic mass is 79.9. The molecule has 0 radical (unpaired) electrons. The summed E-state index contributed by atoms with van der Waals surface area (Å²) in [6.07, 6.45) is 0.901. The first-order chi connectivity index (χ1) is 7.16. The fourth-order valence-corrected chi connectivity index (χ4v) is 3.37. The van der Waals surface area contributed by atoms with Crippen LogP contribution in [0.1, 0.15) is 11.3 Å². The largest absolute Gasteiger partial charge is 0.369 e. The molecule has 1 unspecified atom stereocenters. The first-order valence-electron chi connectivity index (χ1n) is 4.90. The third-order valence-corrected chi connectivity index (χ3v) is 4.64. The van der Waals surface area contributed by atoms with Crippen LogP contribution in [0.3, 0.4) is 0 Å². The molecule has 0 aliphatic carbocycles. The molecule has 1 aromatic heterocycles. The van der Waals surface area contributed by atoms with Crippen molar-refractivity contribution in [2.45, 2.75) is 13.0 Å². The Morgan fingerprint density at radius 3 is 3.07 bits per heavy atom. The number of thiophene rings is 1. The lowest BCUT2D eigenvalue weighted by Crippen LogP contribution is -2.27. The Labute approximate surface area is 101 Å². The highest BCUT2D eigenvalue weighted by molar-refractivity contribution is 9.10. The number of carbonyl (C=O) groups is 1. The molecule has 2 rings (SSSR count). The lowest BCUT2D eigenvalue weighted by Gasteiger charge is -2.14. The topological polar surface area (TPSA) is 46.3 Å². The van der Waals surface area contributed by atoms with E-state index in [2.05, 4.69) is 32.3 Å². The summed E-state index contributed by atoms with van der Waals surface area (Å²) >= 11 is 5.25. The maximum atomic E-state index is 11.0. The molecular formula is C10H13BrN2OS. The second kappa shape index (κ2) is 4.63. The molecule has 0 spiro atoms. The molecule has 1 aliphatic heterocycles. The summed E-state index contributed by atoms with van der Waals surface area (Å²) in [6.45, 7) is 2.69. The molecule has 2 heterocycles. The predicted octanol–water partition coefficient (Wildman–Crippen LogP) is 1.82. The van der Waals surface area contributed by atoms with Gasteiger partial charge in [-0.1, -0.05) is 0 Å². The highest BCUT2D eigenvalue weighted by Crippen LogP contribution is 2.26. The van der Waals surface area contributed by atoms with Crippen molar-refractivity contribution in [1.29, 1.82) is 0 Å². The molecule has 5 heteroatoms. The van der Waals surface area contributed by atoms with Crippen LogP contribution in [-0.2, 0) is 11.3 Å². The Morgan fingerprint density at radius 1 is 1.73 bits per heavy atom. The summed E-state index contributed by atoms with van der Waals surface area (Å²) in [5, 5.41) is 2.07. The van der Waals surface area contributed by atoms with E-state index in [9.17, 15) is 4.79 Å². The zero-order chi connectivity index (χ0) is 10.8. The van der Waals surface area contributed by atoms with Crippen molar-refractivity contribution in [2.24, 2.45) is 11.7 Å². The smallest absolute Gasteiger partial charge is 0.221 e. The third kappa shape index (κ3) is 2.59. The molecule has 1 aliphatic rings. The minimum absolute atomic E-state index is 0.0451. The highest BCUT2D eigenvalue weighted by Gasteiger charge is 2.26. The second-order valence-electron chi connectivity index (χ2n) is 3.81. The number of halogens is 1. The van der Waals surface area contributed by atoms with E-state index in [4.69, 9.17) is 5.73 Å². The Balaban J connectivity index is 1.93. The van der Waals surface area contributed by atoms with E-state index >= 15 is 0 Å². The van der Waals surface area contributed by atoms with Gasteiger partial charge in [-0.3, -0.25) is 9.69 Å². The Bertz CT molecular complexity index is 366. The van der Waals surface area contributed by atoms with Crippen molar-refractivity contribution in [3.63, 3.8) is 0 Å². The molecule has 0 bridgehead atoms. The molecule has 0 saturated carbocycles. The van der Waals surface area contributed by atoms with Crippen LogP contribution < -0.4 is 5.73 Å². The maximum Gasteiger partial charge on any atom is 0.221 e. The number of amides is 1. The fourth-order valence-electron chi connectivity index (χ4n) is 1.85. The number of hydrogen-bond acceptors (Lipinski definition) is 3. The average molecular weight is 289 g/mol. The lowest BCUT2D eigenvalue weighted by molar-refractivity contribution is -0.121. The summed E-state index contributed by atoms with van der Waals surface area (Å²) in [6, 6.07) is 2.06. The van der Waals surface area contributed by atoms with Crippen LogP contribution in [0, 0.1) is 5.92 Å². The number of carbonyl (C=O) groups excluding carboxylic acids is 1. The second-order valence-corrected chi connectivity index (χ2v) is 5.67. The van der Waals surface area contributed by atoms with Gasteiger partial charge in [-0.05, 0) is 40.3 Å². The van der Waals surface area contributed by atoms with Gasteiger partial charge in [0.25, 0.3) is 0 Å². The number of likely N-dealkylation sites (tertiary alicyclic amines) is 1. The van der Waals surface area contributed by atoms with Crippen LogP contribution in [0.5, 0.6) is 0 Å². The zero-order valence-corrected chi connectivity index (χ0v) is 10.7. The summed E-state index contributed by atoms with van der Waals surface area (Å²) in [4.78, 5) is 14.6. The molecule has 0 aromatic carbocycles. The van der Waals surface area contributed by atoms with Crippen molar-refractivity contribution in [3.8, 4) is 0 Å². The number of primary amides is 1. The molecule has 1 fully saturated rings. The minimum Gasteiger partial charge on any atom is -0.369 e. The minimum atomic E-state index is -0.164. The van der Waals surface area contributed by atoms with E-state index in [0.717, 1.165) is 30.5 Å². The SMILES string of the molecule is NC(=O)C1CCN(Cc2sccc2Br)C1. The van der Waals surface area contributed by atoms with Crippen LogP contribution >= 0.6 is 27.3 Å². The van der Waals surface area contributed by atoms with E-state index in [0.29, 0.717) is 0 Å². The van der Waals surface area contributed by atoms with Gasteiger partial charge in [-0.15, -0.1) is 11.3 Å². The monoisotopic (exact) mass is 288 g/mol. The average Bonchev–Trinajstić information content (AvgIpc) is 2.77. The van der Waals surface area contributed by atoms with E-state index < -0.39 is 0 Å². The van der Waals surface area contributed by atoms with E-state index in [1.54, 1.807) is 11.3 Å². The van der Waals surface area contributed by atoms with Gasteiger partial charge in [0.2, 0.25) is 5.91 Å². The predicted molar refractivity (Wildman–Crippen MR) is 64.6 cm³/mol. The number of nitrogens with zero attached hydrogens (tertiary/aromatic N) is 1. The Morgan fingerprint density at radius 2 is 2.53 bits per heavy atom. The molecule has 1 aromatic rings. The number of nitrogens with two attached hydrogens (primary N) is 1. The van der Waals surface area contributed by atoms with Crippen LogP contribution in [-0.4, -0.2) is 23.9 Å². The van der Waals surface area contributed by atoms with Crippen LogP contribution in [0.2, 0.25) is 0 Å². The van der Waals surface area contributed by atoms with Crippen molar-refractivity contribution < 1.29 is 4.79 Å². The molecule has 82 valence electrons. The van der Waals surface area contributed by atoms with Crippen LogP contribution in [0.15, 0.2) is 15.9 Å².